The number of aromatic nitrogens is 1. The van der Waals surface area contributed by atoms with Gasteiger partial charge in [-0.05, 0) is 18.4 Å². The fraction of sp³-hybridized carbons (Fsp3) is 0.615. The molecule has 90 valence electrons. The highest BCUT2D eigenvalue weighted by atomic mass is 16.3. The van der Waals surface area contributed by atoms with Crippen molar-refractivity contribution in [1.82, 2.24) is 4.98 Å². The summed E-state index contributed by atoms with van der Waals surface area (Å²) in [7, 11) is 0. The van der Waals surface area contributed by atoms with Gasteiger partial charge in [-0.2, -0.15) is 0 Å². The number of hydrogen-bond acceptors (Lipinski definition) is 3. The molecule has 0 fully saturated rings. The molecule has 0 saturated heterocycles. The van der Waals surface area contributed by atoms with Crippen LogP contribution < -0.4 is 0 Å². The van der Waals surface area contributed by atoms with Gasteiger partial charge < -0.3 is 10.2 Å². The first-order valence-electron chi connectivity index (χ1n) is 5.87. The van der Waals surface area contributed by atoms with Crippen molar-refractivity contribution in [1.29, 1.82) is 0 Å². The summed E-state index contributed by atoms with van der Waals surface area (Å²) in [5.74, 6) is 0.135. The molecule has 0 spiro atoms. The Morgan fingerprint density at radius 2 is 1.81 bits per heavy atom. The average molecular weight is 223 g/mol. The summed E-state index contributed by atoms with van der Waals surface area (Å²) >= 11 is 0. The molecular formula is C13H21NO2. The van der Waals surface area contributed by atoms with E-state index in [2.05, 4.69) is 4.98 Å². The Hall–Kier alpha value is -0.930. The van der Waals surface area contributed by atoms with Crippen LogP contribution in [0.3, 0.4) is 0 Å². The molecule has 0 bridgehead atoms. The SMILES string of the molecule is CCC(CC)C(O)C(O)c1cncc(C)c1. The number of aryl methyl sites for hydroxylation is 1. The topological polar surface area (TPSA) is 53.4 Å². The molecule has 2 N–H and O–H groups in total. The number of nitrogens with zero attached hydrogens (tertiary/aromatic N) is 1. The zero-order chi connectivity index (χ0) is 12.1. The van der Waals surface area contributed by atoms with Gasteiger partial charge in [0.25, 0.3) is 0 Å². The van der Waals surface area contributed by atoms with Crippen molar-refractivity contribution in [2.24, 2.45) is 5.92 Å². The second-order valence-electron chi connectivity index (χ2n) is 4.31. The van der Waals surface area contributed by atoms with E-state index >= 15 is 0 Å². The fourth-order valence-electron chi connectivity index (χ4n) is 1.97. The van der Waals surface area contributed by atoms with Crippen LogP contribution in [0.5, 0.6) is 0 Å². The minimum Gasteiger partial charge on any atom is -0.390 e. The zero-order valence-corrected chi connectivity index (χ0v) is 10.2. The maximum atomic E-state index is 10.1. The molecule has 2 atom stereocenters. The van der Waals surface area contributed by atoms with E-state index in [-0.39, 0.29) is 5.92 Å². The van der Waals surface area contributed by atoms with Gasteiger partial charge in [-0.15, -0.1) is 0 Å². The quantitative estimate of drug-likeness (QED) is 0.804. The first kappa shape index (κ1) is 13.1. The molecule has 0 aromatic carbocycles. The third kappa shape index (κ3) is 3.03. The molecule has 1 heterocycles. The van der Waals surface area contributed by atoms with Crippen LogP contribution in [-0.4, -0.2) is 21.3 Å². The maximum Gasteiger partial charge on any atom is 0.107 e. The fourth-order valence-corrected chi connectivity index (χ4v) is 1.97. The molecule has 0 aliphatic heterocycles. The molecule has 3 nitrogen and oxygen atoms in total. The molecule has 0 aliphatic carbocycles. The minimum absolute atomic E-state index is 0.135. The van der Waals surface area contributed by atoms with Gasteiger partial charge in [0.15, 0.2) is 0 Å². The summed E-state index contributed by atoms with van der Waals surface area (Å²) in [4.78, 5) is 4.03. The summed E-state index contributed by atoms with van der Waals surface area (Å²) in [6.07, 6.45) is 3.54. The summed E-state index contributed by atoms with van der Waals surface area (Å²) in [6.45, 7) is 5.98. The highest BCUT2D eigenvalue weighted by Crippen LogP contribution is 2.25. The van der Waals surface area contributed by atoms with E-state index in [1.165, 1.54) is 0 Å². The molecule has 1 rings (SSSR count). The molecule has 1 aromatic rings. The predicted molar refractivity (Wildman–Crippen MR) is 64.0 cm³/mol. The van der Waals surface area contributed by atoms with E-state index in [0.717, 1.165) is 18.4 Å². The lowest BCUT2D eigenvalue weighted by Gasteiger charge is -2.25. The van der Waals surface area contributed by atoms with Gasteiger partial charge in [0, 0.05) is 18.0 Å². The van der Waals surface area contributed by atoms with Crippen LogP contribution in [-0.2, 0) is 0 Å². The van der Waals surface area contributed by atoms with Crippen LogP contribution in [0.4, 0.5) is 0 Å². The lowest BCUT2D eigenvalue weighted by molar-refractivity contribution is -0.0211. The van der Waals surface area contributed by atoms with Crippen LogP contribution in [0.2, 0.25) is 0 Å². The van der Waals surface area contributed by atoms with E-state index in [1.54, 1.807) is 12.4 Å². The van der Waals surface area contributed by atoms with Gasteiger partial charge in [0.2, 0.25) is 0 Å². The van der Waals surface area contributed by atoms with Crippen molar-refractivity contribution in [3.63, 3.8) is 0 Å². The predicted octanol–water partition coefficient (Wildman–Crippen LogP) is 2.22. The second-order valence-corrected chi connectivity index (χ2v) is 4.31. The largest absolute Gasteiger partial charge is 0.390 e. The van der Waals surface area contributed by atoms with Gasteiger partial charge >= 0.3 is 0 Å². The molecular weight excluding hydrogens is 202 g/mol. The van der Waals surface area contributed by atoms with Crippen LogP contribution in [0.25, 0.3) is 0 Å². The standard InChI is InChI=1S/C13H21NO2/c1-4-10(5-2)12(15)13(16)11-6-9(3)7-14-8-11/h6-8,10,12-13,15-16H,4-5H2,1-3H3. The van der Waals surface area contributed by atoms with Crippen molar-refractivity contribution in [3.8, 4) is 0 Å². The van der Waals surface area contributed by atoms with Crippen molar-refractivity contribution in [2.75, 3.05) is 0 Å². The number of rotatable bonds is 5. The summed E-state index contributed by atoms with van der Waals surface area (Å²) < 4.78 is 0. The Balaban J connectivity index is 2.80. The smallest absolute Gasteiger partial charge is 0.107 e. The van der Waals surface area contributed by atoms with E-state index < -0.39 is 12.2 Å². The van der Waals surface area contributed by atoms with E-state index in [1.807, 2.05) is 26.8 Å². The number of aliphatic hydroxyl groups excluding tert-OH is 2. The van der Waals surface area contributed by atoms with E-state index in [4.69, 9.17) is 0 Å². The first-order valence-corrected chi connectivity index (χ1v) is 5.87. The molecule has 0 radical (unpaired) electrons. The normalized spacial score (nSPS) is 15.1. The Kier molecular flexibility index (Phi) is 4.90. The average Bonchev–Trinajstić information content (AvgIpc) is 2.29. The highest BCUT2D eigenvalue weighted by Gasteiger charge is 2.25. The van der Waals surface area contributed by atoms with E-state index in [0.29, 0.717) is 5.56 Å². The van der Waals surface area contributed by atoms with Crippen molar-refractivity contribution < 1.29 is 10.2 Å². The maximum absolute atomic E-state index is 10.1. The van der Waals surface area contributed by atoms with Gasteiger partial charge in [-0.3, -0.25) is 4.98 Å². The lowest BCUT2D eigenvalue weighted by Crippen LogP contribution is -2.27. The lowest BCUT2D eigenvalue weighted by atomic mass is 9.90. The van der Waals surface area contributed by atoms with Gasteiger partial charge in [0.1, 0.15) is 6.10 Å². The van der Waals surface area contributed by atoms with Crippen molar-refractivity contribution in [2.45, 2.75) is 45.8 Å². The Labute approximate surface area is 97.2 Å². The van der Waals surface area contributed by atoms with Crippen molar-refractivity contribution in [3.05, 3.63) is 29.6 Å². The molecule has 1 aromatic heterocycles. The van der Waals surface area contributed by atoms with Gasteiger partial charge in [-0.25, -0.2) is 0 Å². The van der Waals surface area contributed by atoms with Crippen LogP contribution in [0.15, 0.2) is 18.5 Å². The third-order valence-corrected chi connectivity index (χ3v) is 3.09. The Morgan fingerprint density at radius 1 is 1.19 bits per heavy atom. The summed E-state index contributed by atoms with van der Waals surface area (Å²) in [5.41, 5.74) is 1.69. The van der Waals surface area contributed by atoms with Crippen molar-refractivity contribution >= 4 is 0 Å². The molecule has 3 heteroatoms. The Morgan fingerprint density at radius 3 is 2.31 bits per heavy atom. The molecule has 0 saturated carbocycles. The second kappa shape index (κ2) is 5.97. The van der Waals surface area contributed by atoms with Gasteiger partial charge in [-0.1, -0.05) is 32.8 Å². The minimum atomic E-state index is -0.836. The van der Waals surface area contributed by atoms with E-state index in [9.17, 15) is 10.2 Å². The van der Waals surface area contributed by atoms with Gasteiger partial charge in [0.05, 0.1) is 6.10 Å². The zero-order valence-electron chi connectivity index (χ0n) is 10.2. The number of hydrogen-bond donors (Lipinski definition) is 2. The molecule has 2 unspecified atom stereocenters. The third-order valence-electron chi connectivity index (χ3n) is 3.09. The van der Waals surface area contributed by atoms with Crippen LogP contribution in [0, 0.1) is 12.8 Å². The highest BCUT2D eigenvalue weighted by molar-refractivity contribution is 5.19. The first-order chi connectivity index (χ1) is 7.60. The molecule has 0 aliphatic rings. The van der Waals surface area contributed by atoms with Crippen LogP contribution >= 0.6 is 0 Å². The number of aliphatic hydroxyl groups is 2. The summed E-state index contributed by atoms with van der Waals surface area (Å²) in [6, 6.07) is 1.86. The van der Waals surface area contributed by atoms with Crippen LogP contribution in [0.1, 0.15) is 43.9 Å². The Bertz CT molecular complexity index is 323. The summed E-state index contributed by atoms with van der Waals surface area (Å²) in [5, 5.41) is 20.1. The number of pyridine rings is 1. The molecule has 16 heavy (non-hydrogen) atoms. The molecule has 0 amide bonds. The monoisotopic (exact) mass is 223 g/mol.